The van der Waals surface area contributed by atoms with E-state index in [-0.39, 0.29) is 24.5 Å². The molecule has 0 aliphatic heterocycles. The quantitative estimate of drug-likeness (QED) is 0.774. The topological polar surface area (TPSA) is 61.4 Å². The Morgan fingerprint density at radius 1 is 1.37 bits per heavy atom. The smallest absolute Gasteiger partial charge is 0.234 e. The first-order valence-electron chi connectivity index (χ1n) is 6.24. The van der Waals surface area contributed by atoms with E-state index < -0.39 is 6.10 Å². The normalized spacial score (nSPS) is 13.1. The van der Waals surface area contributed by atoms with E-state index in [4.69, 9.17) is 11.6 Å². The Labute approximate surface area is 119 Å². The van der Waals surface area contributed by atoms with Gasteiger partial charge >= 0.3 is 0 Å². The predicted molar refractivity (Wildman–Crippen MR) is 77.2 cm³/mol. The number of benzene rings is 1. The van der Waals surface area contributed by atoms with Crippen LogP contribution in [0.4, 0.5) is 0 Å². The van der Waals surface area contributed by atoms with Gasteiger partial charge in [-0.3, -0.25) is 4.79 Å². The van der Waals surface area contributed by atoms with Crippen molar-refractivity contribution in [3.05, 3.63) is 34.9 Å². The van der Waals surface area contributed by atoms with Crippen LogP contribution in [0, 0.1) is 0 Å². The maximum atomic E-state index is 11.6. The van der Waals surface area contributed by atoms with Crippen molar-refractivity contribution in [2.24, 2.45) is 0 Å². The maximum Gasteiger partial charge on any atom is 0.234 e. The molecular weight excluding hydrogens is 264 g/mol. The molecule has 1 aromatic carbocycles. The number of hydrogen-bond acceptors (Lipinski definition) is 3. The Kier molecular flexibility index (Phi) is 5.79. The van der Waals surface area contributed by atoms with Gasteiger partial charge in [0.05, 0.1) is 12.6 Å². The number of nitrogens with one attached hydrogen (secondary N) is 2. The minimum Gasteiger partial charge on any atom is -0.387 e. The maximum absolute atomic E-state index is 11.6. The molecular formula is C14H21ClN2O2. The second kappa shape index (κ2) is 6.89. The molecule has 0 radical (unpaired) electrons. The van der Waals surface area contributed by atoms with Crippen LogP contribution in [0.3, 0.4) is 0 Å². The average molecular weight is 285 g/mol. The predicted octanol–water partition coefficient (Wildman–Crippen LogP) is 1.88. The van der Waals surface area contributed by atoms with Crippen LogP contribution in [0.5, 0.6) is 0 Å². The van der Waals surface area contributed by atoms with Gasteiger partial charge in [-0.15, -0.1) is 0 Å². The van der Waals surface area contributed by atoms with Crippen molar-refractivity contribution in [3.8, 4) is 0 Å². The zero-order chi connectivity index (χ0) is 14.5. The molecule has 0 aromatic heterocycles. The Bertz CT molecular complexity index is 430. The highest BCUT2D eigenvalue weighted by atomic mass is 35.5. The van der Waals surface area contributed by atoms with Crippen LogP contribution in [0.25, 0.3) is 0 Å². The number of amides is 1. The van der Waals surface area contributed by atoms with Crippen LogP contribution in [0.15, 0.2) is 24.3 Å². The first-order valence-corrected chi connectivity index (χ1v) is 6.61. The molecule has 1 unspecified atom stereocenters. The standard InChI is InChI=1S/C14H21ClN2O2/c1-14(2,3)17-13(19)9-16-8-12(18)10-6-4-5-7-11(10)15/h4-7,12,16,18H,8-9H2,1-3H3,(H,17,19). The lowest BCUT2D eigenvalue weighted by atomic mass is 10.1. The fourth-order valence-electron chi connectivity index (χ4n) is 1.64. The third-order valence-electron chi connectivity index (χ3n) is 2.40. The molecule has 3 N–H and O–H groups in total. The van der Waals surface area contributed by atoms with E-state index in [1.165, 1.54) is 0 Å². The molecule has 5 heteroatoms. The first-order chi connectivity index (χ1) is 8.79. The molecule has 0 aliphatic rings. The second-order valence-corrected chi connectivity index (χ2v) is 5.87. The van der Waals surface area contributed by atoms with E-state index in [9.17, 15) is 9.90 Å². The molecule has 0 saturated carbocycles. The van der Waals surface area contributed by atoms with Gasteiger partial charge in [-0.25, -0.2) is 0 Å². The number of carbonyl (C=O) groups is 1. The summed E-state index contributed by atoms with van der Waals surface area (Å²) in [7, 11) is 0. The van der Waals surface area contributed by atoms with Gasteiger partial charge in [-0.2, -0.15) is 0 Å². The van der Waals surface area contributed by atoms with Crippen molar-refractivity contribution in [1.29, 1.82) is 0 Å². The number of halogens is 1. The Morgan fingerprint density at radius 2 is 2.00 bits per heavy atom. The summed E-state index contributed by atoms with van der Waals surface area (Å²) < 4.78 is 0. The van der Waals surface area contributed by atoms with Crippen molar-refractivity contribution < 1.29 is 9.90 Å². The van der Waals surface area contributed by atoms with Gasteiger partial charge in [0.2, 0.25) is 5.91 Å². The number of hydrogen-bond donors (Lipinski definition) is 3. The lowest BCUT2D eigenvalue weighted by Crippen LogP contribution is -2.45. The highest BCUT2D eigenvalue weighted by Crippen LogP contribution is 2.21. The van der Waals surface area contributed by atoms with E-state index in [1.54, 1.807) is 12.1 Å². The van der Waals surface area contributed by atoms with E-state index >= 15 is 0 Å². The second-order valence-electron chi connectivity index (χ2n) is 5.47. The van der Waals surface area contributed by atoms with Crippen LogP contribution in [-0.4, -0.2) is 29.6 Å². The van der Waals surface area contributed by atoms with Gasteiger partial charge in [0.1, 0.15) is 0 Å². The summed E-state index contributed by atoms with van der Waals surface area (Å²) >= 11 is 5.98. The van der Waals surface area contributed by atoms with Crippen LogP contribution in [0.1, 0.15) is 32.4 Å². The van der Waals surface area contributed by atoms with Crippen molar-refractivity contribution >= 4 is 17.5 Å². The Morgan fingerprint density at radius 3 is 2.58 bits per heavy atom. The number of aliphatic hydroxyl groups excluding tert-OH is 1. The van der Waals surface area contributed by atoms with Crippen LogP contribution in [0.2, 0.25) is 5.02 Å². The zero-order valence-corrected chi connectivity index (χ0v) is 12.3. The Hall–Kier alpha value is -1.10. The van der Waals surface area contributed by atoms with Gasteiger partial charge in [-0.05, 0) is 26.8 Å². The first kappa shape index (κ1) is 16.0. The summed E-state index contributed by atoms with van der Waals surface area (Å²) in [6.07, 6.45) is -0.726. The molecule has 19 heavy (non-hydrogen) atoms. The molecule has 0 heterocycles. The molecule has 106 valence electrons. The van der Waals surface area contributed by atoms with E-state index in [0.717, 1.165) is 0 Å². The van der Waals surface area contributed by atoms with Crippen LogP contribution in [-0.2, 0) is 4.79 Å². The zero-order valence-electron chi connectivity index (χ0n) is 11.5. The minimum atomic E-state index is -0.726. The van der Waals surface area contributed by atoms with Crippen LogP contribution >= 0.6 is 11.6 Å². The molecule has 4 nitrogen and oxygen atoms in total. The molecule has 0 fully saturated rings. The molecule has 0 aliphatic carbocycles. The summed E-state index contributed by atoms with van der Waals surface area (Å²) in [6.45, 7) is 6.20. The molecule has 1 rings (SSSR count). The number of aliphatic hydroxyl groups is 1. The van der Waals surface area contributed by atoms with E-state index in [1.807, 2.05) is 32.9 Å². The summed E-state index contributed by atoms with van der Waals surface area (Å²) in [6, 6.07) is 7.12. The Balaban J connectivity index is 2.38. The largest absolute Gasteiger partial charge is 0.387 e. The number of rotatable bonds is 5. The SMILES string of the molecule is CC(C)(C)NC(=O)CNCC(O)c1ccccc1Cl. The summed E-state index contributed by atoms with van der Waals surface area (Å²) in [5.74, 6) is -0.0983. The molecule has 0 spiro atoms. The summed E-state index contributed by atoms with van der Waals surface area (Å²) in [5.41, 5.74) is 0.410. The third-order valence-corrected chi connectivity index (χ3v) is 2.75. The van der Waals surface area contributed by atoms with Gasteiger partial charge in [-0.1, -0.05) is 29.8 Å². The van der Waals surface area contributed by atoms with Gasteiger partial charge in [0.25, 0.3) is 0 Å². The fourth-order valence-corrected chi connectivity index (χ4v) is 1.90. The van der Waals surface area contributed by atoms with Crippen LogP contribution < -0.4 is 10.6 Å². The lowest BCUT2D eigenvalue weighted by Gasteiger charge is -2.21. The van der Waals surface area contributed by atoms with E-state index in [2.05, 4.69) is 10.6 Å². The molecule has 1 aromatic rings. The summed E-state index contributed by atoms with van der Waals surface area (Å²) in [5, 5.41) is 16.2. The molecule has 0 saturated heterocycles. The van der Waals surface area contributed by atoms with Gasteiger partial charge in [0, 0.05) is 22.7 Å². The number of carbonyl (C=O) groups excluding carboxylic acids is 1. The summed E-state index contributed by atoms with van der Waals surface area (Å²) in [4.78, 5) is 11.6. The monoisotopic (exact) mass is 284 g/mol. The minimum absolute atomic E-state index is 0.0983. The lowest BCUT2D eigenvalue weighted by molar-refractivity contribution is -0.121. The van der Waals surface area contributed by atoms with Crippen molar-refractivity contribution in [2.45, 2.75) is 32.4 Å². The molecule has 1 amide bonds. The fraction of sp³-hybridized carbons (Fsp3) is 0.500. The average Bonchev–Trinajstić information content (AvgIpc) is 2.26. The van der Waals surface area contributed by atoms with Crippen molar-refractivity contribution in [1.82, 2.24) is 10.6 Å². The third kappa shape index (κ3) is 6.05. The van der Waals surface area contributed by atoms with Crippen molar-refractivity contribution in [3.63, 3.8) is 0 Å². The molecule has 1 atom stereocenters. The molecule has 0 bridgehead atoms. The van der Waals surface area contributed by atoms with Crippen molar-refractivity contribution in [2.75, 3.05) is 13.1 Å². The van der Waals surface area contributed by atoms with Gasteiger partial charge < -0.3 is 15.7 Å². The van der Waals surface area contributed by atoms with Gasteiger partial charge in [0.15, 0.2) is 0 Å². The highest BCUT2D eigenvalue weighted by Gasteiger charge is 2.14. The highest BCUT2D eigenvalue weighted by molar-refractivity contribution is 6.31. The van der Waals surface area contributed by atoms with E-state index in [0.29, 0.717) is 10.6 Å².